The maximum absolute atomic E-state index is 12.2. The van der Waals surface area contributed by atoms with E-state index in [4.69, 9.17) is 14.4 Å². The molecule has 29 heavy (non-hydrogen) atoms. The van der Waals surface area contributed by atoms with E-state index in [1.807, 2.05) is 24.3 Å². The van der Waals surface area contributed by atoms with Crippen LogP contribution in [-0.4, -0.2) is 39.3 Å². The molecule has 9 heteroatoms. The van der Waals surface area contributed by atoms with Crippen LogP contribution >= 0.6 is 7.94 Å². The molecule has 2 rings (SSSR count). The number of carbonyl (C=O) groups is 2. The van der Waals surface area contributed by atoms with Gasteiger partial charge in [0.2, 0.25) is 5.78 Å². The Labute approximate surface area is 169 Å². The molecule has 1 amide bonds. The first-order valence-electron chi connectivity index (χ1n) is 9.00. The van der Waals surface area contributed by atoms with E-state index in [1.54, 1.807) is 36.4 Å². The molecule has 0 bridgehead atoms. The van der Waals surface area contributed by atoms with Crippen molar-refractivity contribution >= 4 is 20.0 Å². The summed E-state index contributed by atoms with van der Waals surface area (Å²) in [6.07, 6.45) is -0.763. The zero-order valence-corrected chi connectivity index (χ0v) is 16.9. The van der Waals surface area contributed by atoms with Crippen molar-refractivity contribution in [1.29, 1.82) is 0 Å². The lowest BCUT2D eigenvalue weighted by Gasteiger charge is -2.22. The van der Waals surface area contributed by atoms with Gasteiger partial charge in [-0.05, 0) is 18.1 Å². The second kappa shape index (κ2) is 10.9. The molecule has 2 atom stereocenters. The summed E-state index contributed by atoms with van der Waals surface area (Å²) >= 11 is 0. The van der Waals surface area contributed by atoms with Crippen LogP contribution in [0.4, 0.5) is 4.79 Å². The summed E-state index contributed by atoms with van der Waals surface area (Å²) in [5.41, 5.74) is 1.52. The molecule has 0 spiro atoms. The van der Waals surface area contributed by atoms with Crippen LogP contribution in [0.3, 0.4) is 0 Å². The molecule has 0 saturated heterocycles. The molecule has 156 valence electrons. The van der Waals surface area contributed by atoms with Crippen molar-refractivity contribution in [2.24, 2.45) is 5.92 Å². The monoisotopic (exact) mass is 422 g/mol. The van der Waals surface area contributed by atoms with E-state index in [2.05, 4.69) is 5.32 Å². The Morgan fingerprint density at radius 2 is 1.55 bits per heavy atom. The van der Waals surface area contributed by atoms with E-state index in [1.165, 1.54) is 6.92 Å². The topological polar surface area (TPSA) is 125 Å². The van der Waals surface area contributed by atoms with Crippen LogP contribution in [0.25, 0.3) is 0 Å². The van der Waals surface area contributed by atoms with Gasteiger partial charge in [-0.1, -0.05) is 60.7 Å². The fraction of sp³-hybridized carbons (Fsp3) is 0.300. The molecule has 0 aliphatic heterocycles. The summed E-state index contributed by atoms with van der Waals surface area (Å²) in [5, 5.41) is 11.4. The third-order valence-electron chi connectivity index (χ3n) is 4.11. The van der Waals surface area contributed by atoms with Crippen LogP contribution in [0.1, 0.15) is 18.1 Å². The number of benzene rings is 2. The molecule has 0 aromatic heterocycles. The number of hydrogen-bond donors (Lipinski definition) is 4. The Balaban J connectivity index is 2.04. The third kappa shape index (κ3) is 7.79. The Hall–Kier alpha value is -2.51. The highest BCUT2D eigenvalue weighted by Gasteiger charge is 2.48. The smallest absolute Gasteiger partial charge is 0.431 e. The Kier molecular flexibility index (Phi) is 8.54. The molecule has 0 fully saturated rings. The zero-order valence-electron chi connectivity index (χ0n) is 16.0. The number of hydrogen-bond acceptors (Lipinski definition) is 6. The van der Waals surface area contributed by atoms with Gasteiger partial charge in [-0.25, -0.2) is 4.79 Å². The Bertz CT molecular complexity index is 786. The minimum absolute atomic E-state index is 0.0178. The lowest BCUT2D eigenvalue weighted by atomic mass is 10.1. The predicted octanol–water partition coefficient (Wildman–Crippen LogP) is 2.97. The third-order valence-corrected chi connectivity index (χ3v) is 5.76. The number of nitrogens with one attached hydrogen (secondary N) is 1. The van der Waals surface area contributed by atoms with Crippen molar-refractivity contribution in [3.63, 3.8) is 0 Å². The quantitative estimate of drug-likeness (QED) is 0.434. The molecule has 4 N–H and O–H groups in total. The summed E-state index contributed by atoms with van der Waals surface area (Å²) in [5.74, 6) is -3.25. The fourth-order valence-electron chi connectivity index (χ4n) is 2.37. The van der Waals surface area contributed by atoms with Gasteiger partial charge in [0.15, 0.2) is 0 Å². The molecular formula is C20H25NO7P+. The lowest BCUT2D eigenvalue weighted by Crippen LogP contribution is -2.39. The maximum atomic E-state index is 12.2. The van der Waals surface area contributed by atoms with Crippen molar-refractivity contribution < 1.29 is 33.7 Å². The second-order valence-electron chi connectivity index (χ2n) is 6.54. The minimum atomic E-state index is -4.14. The number of carboxylic acids is 1. The number of carbonyl (C=O) groups excluding carboxylic acids is 1. The van der Waals surface area contributed by atoms with E-state index >= 15 is 0 Å². The van der Waals surface area contributed by atoms with Gasteiger partial charge in [0, 0.05) is 6.42 Å². The molecule has 0 radical (unpaired) electrons. The van der Waals surface area contributed by atoms with Gasteiger partial charge in [0.05, 0.1) is 5.92 Å². The number of ether oxygens (including phenoxy) is 1. The van der Waals surface area contributed by atoms with Crippen LogP contribution in [0.15, 0.2) is 60.7 Å². The molecule has 2 aromatic rings. The molecule has 0 saturated carbocycles. The molecule has 8 nitrogen and oxygen atoms in total. The predicted molar refractivity (Wildman–Crippen MR) is 108 cm³/mol. The molecule has 0 aliphatic carbocycles. The van der Waals surface area contributed by atoms with Crippen molar-refractivity contribution in [1.82, 2.24) is 5.32 Å². The summed E-state index contributed by atoms with van der Waals surface area (Å²) in [7, 11) is -4.14. The number of amides is 1. The van der Waals surface area contributed by atoms with Gasteiger partial charge < -0.3 is 9.84 Å². The summed E-state index contributed by atoms with van der Waals surface area (Å²) in [6.45, 7) is 1.00. The fourth-order valence-corrected chi connectivity index (χ4v) is 3.72. The highest BCUT2D eigenvalue weighted by atomic mass is 31.2. The SMILES string of the molecule is CC(CO[P+](O)(O)C(Cc1ccccc1)NC(=O)OCc1ccccc1)C(=O)O. The average molecular weight is 422 g/mol. The van der Waals surface area contributed by atoms with Crippen LogP contribution in [-0.2, 0) is 27.1 Å². The van der Waals surface area contributed by atoms with Crippen molar-refractivity contribution in [2.45, 2.75) is 25.7 Å². The molecular weight excluding hydrogens is 397 g/mol. The standard InChI is InChI=1S/C20H24NO7P/c1-15(19(22)23)13-28-29(25,26)18(12-16-8-4-2-5-9-16)21-20(24)27-14-17-10-6-3-7-11-17/h2-11,15,18,25-26H,12-14H2,1H3,(H-,21,22,23,24)/p+1. The van der Waals surface area contributed by atoms with Gasteiger partial charge in [-0.2, -0.15) is 14.3 Å². The van der Waals surface area contributed by atoms with E-state index in [9.17, 15) is 19.4 Å². The summed E-state index contributed by atoms with van der Waals surface area (Å²) < 4.78 is 10.3. The maximum Gasteiger partial charge on any atom is 0.431 e. The van der Waals surface area contributed by atoms with E-state index < -0.39 is 38.3 Å². The van der Waals surface area contributed by atoms with Crippen LogP contribution < -0.4 is 5.32 Å². The number of rotatable bonds is 10. The highest BCUT2D eigenvalue weighted by molar-refractivity contribution is 7.60. The van der Waals surface area contributed by atoms with E-state index in [0.29, 0.717) is 0 Å². The molecule has 2 aromatic carbocycles. The molecule has 0 heterocycles. The Morgan fingerprint density at radius 1 is 1.00 bits per heavy atom. The first-order chi connectivity index (χ1) is 13.8. The highest BCUT2D eigenvalue weighted by Crippen LogP contribution is 2.56. The number of aliphatic carboxylic acids is 1. The first kappa shape index (κ1) is 22.8. The van der Waals surface area contributed by atoms with Crippen molar-refractivity contribution in [3.8, 4) is 0 Å². The largest absolute Gasteiger partial charge is 0.481 e. The number of carboxylic acid groups (broad SMARTS) is 1. The van der Waals surface area contributed by atoms with Gasteiger partial charge in [-0.15, -0.1) is 0 Å². The molecule has 0 aliphatic rings. The van der Waals surface area contributed by atoms with Gasteiger partial charge in [0.25, 0.3) is 0 Å². The summed E-state index contributed by atoms with van der Waals surface area (Å²) in [4.78, 5) is 44.1. The normalized spacial score (nSPS) is 13.3. The molecule has 2 unspecified atom stereocenters. The van der Waals surface area contributed by atoms with E-state index in [-0.39, 0.29) is 13.0 Å². The number of alkyl carbamates (subject to hydrolysis) is 1. The zero-order chi connectivity index (χ0) is 21.3. The average Bonchev–Trinajstić information content (AvgIpc) is 2.71. The van der Waals surface area contributed by atoms with Crippen LogP contribution in [0.5, 0.6) is 0 Å². The van der Waals surface area contributed by atoms with Gasteiger partial charge >= 0.3 is 20.0 Å². The summed E-state index contributed by atoms with van der Waals surface area (Å²) in [6, 6.07) is 17.9. The van der Waals surface area contributed by atoms with Crippen molar-refractivity contribution in [2.75, 3.05) is 6.61 Å². The van der Waals surface area contributed by atoms with Crippen LogP contribution in [0, 0.1) is 5.92 Å². The van der Waals surface area contributed by atoms with E-state index in [0.717, 1.165) is 11.1 Å². The second-order valence-corrected chi connectivity index (χ2v) is 8.60. The lowest BCUT2D eigenvalue weighted by molar-refractivity contribution is -0.142. The van der Waals surface area contributed by atoms with Crippen molar-refractivity contribution in [3.05, 3.63) is 71.8 Å². The van der Waals surface area contributed by atoms with Crippen LogP contribution in [0.2, 0.25) is 0 Å². The van der Waals surface area contributed by atoms with Gasteiger partial charge in [-0.3, -0.25) is 10.1 Å². The van der Waals surface area contributed by atoms with Gasteiger partial charge in [0.1, 0.15) is 13.2 Å². The minimum Gasteiger partial charge on any atom is -0.481 e. The first-order valence-corrected chi connectivity index (χ1v) is 10.7. The Morgan fingerprint density at radius 3 is 2.10 bits per heavy atom.